The molecule has 1 amide bonds. The second kappa shape index (κ2) is 6.32. The van der Waals surface area contributed by atoms with Crippen LogP contribution in [0.4, 0.5) is 16.4 Å². The Bertz CT molecular complexity index is 752. The molecule has 2 aliphatic heterocycles. The van der Waals surface area contributed by atoms with Gasteiger partial charge in [-0.2, -0.15) is 0 Å². The highest BCUT2D eigenvalue weighted by Gasteiger charge is 2.23. The SMILES string of the molecule is Nc1nc2cc(N3CCCOC3=O)ccc2n1CC1CCCOC1. The van der Waals surface area contributed by atoms with Crippen molar-refractivity contribution >= 4 is 28.8 Å². The lowest BCUT2D eigenvalue weighted by Crippen LogP contribution is -2.37. The van der Waals surface area contributed by atoms with E-state index >= 15 is 0 Å². The van der Waals surface area contributed by atoms with E-state index in [1.165, 1.54) is 0 Å². The summed E-state index contributed by atoms with van der Waals surface area (Å²) in [5.41, 5.74) is 8.73. The van der Waals surface area contributed by atoms with Gasteiger partial charge in [-0.05, 0) is 37.5 Å². The Morgan fingerprint density at radius 1 is 1.29 bits per heavy atom. The van der Waals surface area contributed by atoms with E-state index in [0.717, 1.165) is 55.7 Å². The number of ether oxygens (including phenoxy) is 2. The van der Waals surface area contributed by atoms with Gasteiger partial charge in [-0.1, -0.05) is 0 Å². The molecule has 2 aromatic rings. The van der Waals surface area contributed by atoms with E-state index in [9.17, 15) is 4.79 Å². The summed E-state index contributed by atoms with van der Waals surface area (Å²) < 4.78 is 12.7. The number of rotatable bonds is 3. The number of anilines is 2. The Morgan fingerprint density at radius 2 is 2.21 bits per heavy atom. The molecule has 2 saturated heterocycles. The number of hydrogen-bond acceptors (Lipinski definition) is 5. The lowest BCUT2D eigenvalue weighted by molar-refractivity contribution is 0.0490. The van der Waals surface area contributed by atoms with E-state index in [4.69, 9.17) is 15.2 Å². The lowest BCUT2D eigenvalue weighted by Gasteiger charge is -2.26. The number of nitrogens with zero attached hydrogens (tertiary/aromatic N) is 3. The first-order valence-electron chi connectivity index (χ1n) is 8.50. The fourth-order valence-corrected chi connectivity index (χ4v) is 3.49. The van der Waals surface area contributed by atoms with Gasteiger partial charge in [0.25, 0.3) is 0 Å². The van der Waals surface area contributed by atoms with Gasteiger partial charge in [0.05, 0.1) is 24.2 Å². The van der Waals surface area contributed by atoms with E-state index < -0.39 is 0 Å². The summed E-state index contributed by atoms with van der Waals surface area (Å²) in [5.74, 6) is 0.976. The van der Waals surface area contributed by atoms with Crippen molar-refractivity contribution < 1.29 is 14.3 Å². The molecule has 7 nitrogen and oxygen atoms in total. The van der Waals surface area contributed by atoms with Crippen LogP contribution in [0.25, 0.3) is 11.0 Å². The smallest absolute Gasteiger partial charge is 0.414 e. The summed E-state index contributed by atoms with van der Waals surface area (Å²) in [4.78, 5) is 18.0. The van der Waals surface area contributed by atoms with Gasteiger partial charge in [-0.3, -0.25) is 4.90 Å². The van der Waals surface area contributed by atoms with Crippen LogP contribution in [-0.4, -0.2) is 42.0 Å². The van der Waals surface area contributed by atoms with Crippen LogP contribution in [0.2, 0.25) is 0 Å². The fraction of sp³-hybridized carbons (Fsp3) is 0.529. The molecule has 2 N–H and O–H groups in total. The van der Waals surface area contributed by atoms with Crippen LogP contribution in [0.3, 0.4) is 0 Å². The van der Waals surface area contributed by atoms with Crippen molar-refractivity contribution in [3.63, 3.8) is 0 Å². The van der Waals surface area contributed by atoms with Crippen molar-refractivity contribution in [1.29, 1.82) is 0 Å². The molecule has 128 valence electrons. The molecule has 4 rings (SSSR count). The van der Waals surface area contributed by atoms with Crippen molar-refractivity contribution in [2.45, 2.75) is 25.8 Å². The van der Waals surface area contributed by atoms with E-state index in [1.54, 1.807) is 4.90 Å². The molecule has 7 heteroatoms. The number of fused-ring (bicyclic) bond motifs is 1. The summed E-state index contributed by atoms with van der Waals surface area (Å²) in [6.07, 6.45) is 2.78. The monoisotopic (exact) mass is 330 g/mol. The highest BCUT2D eigenvalue weighted by Crippen LogP contribution is 2.27. The van der Waals surface area contributed by atoms with Gasteiger partial charge in [0.2, 0.25) is 5.95 Å². The van der Waals surface area contributed by atoms with Crippen molar-refractivity contribution in [1.82, 2.24) is 9.55 Å². The molecular formula is C17H22N4O3. The molecule has 2 fully saturated rings. The highest BCUT2D eigenvalue weighted by molar-refractivity contribution is 5.92. The summed E-state index contributed by atoms with van der Waals surface area (Å²) in [6, 6.07) is 5.83. The zero-order valence-electron chi connectivity index (χ0n) is 13.6. The largest absolute Gasteiger partial charge is 0.449 e. The quantitative estimate of drug-likeness (QED) is 0.934. The zero-order valence-corrected chi connectivity index (χ0v) is 13.6. The van der Waals surface area contributed by atoms with Crippen LogP contribution in [0.15, 0.2) is 18.2 Å². The number of carbonyl (C=O) groups excluding carboxylic acids is 1. The van der Waals surface area contributed by atoms with E-state index in [2.05, 4.69) is 4.98 Å². The Hall–Kier alpha value is -2.28. The molecule has 0 spiro atoms. The van der Waals surface area contributed by atoms with Gasteiger partial charge in [-0.25, -0.2) is 9.78 Å². The average molecular weight is 330 g/mol. The molecule has 24 heavy (non-hydrogen) atoms. The van der Waals surface area contributed by atoms with E-state index in [1.807, 2.05) is 22.8 Å². The number of nitrogen functional groups attached to an aromatic ring is 1. The number of hydrogen-bond donors (Lipinski definition) is 1. The zero-order chi connectivity index (χ0) is 16.5. The van der Waals surface area contributed by atoms with Crippen LogP contribution < -0.4 is 10.6 Å². The van der Waals surface area contributed by atoms with Crippen LogP contribution >= 0.6 is 0 Å². The van der Waals surface area contributed by atoms with Crippen molar-refractivity contribution in [2.24, 2.45) is 5.92 Å². The van der Waals surface area contributed by atoms with Gasteiger partial charge >= 0.3 is 6.09 Å². The van der Waals surface area contributed by atoms with Gasteiger partial charge in [-0.15, -0.1) is 0 Å². The van der Waals surface area contributed by atoms with Gasteiger partial charge in [0, 0.05) is 31.3 Å². The molecule has 0 radical (unpaired) electrons. The van der Waals surface area contributed by atoms with Crippen LogP contribution in [0.1, 0.15) is 19.3 Å². The number of imidazole rings is 1. The van der Waals surface area contributed by atoms with Gasteiger partial charge in [0.1, 0.15) is 0 Å². The van der Waals surface area contributed by atoms with Crippen LogP contribution in [0, 0.1) is 5.92 Å². The molecule has 1 atom stereocenters. The number of aromatic nitrogens is 2. The summed E-state index contributed by atoms with van der Waals surface area (Å²) in [5, 5.41) is 0. The number of amides is 1. The molecule has 0 bridgehead atoms. The summed E-state index contributed by atoms with van der Waals surface area (Å²) >= 11 is 0. The number of cyclic esters (lactones) is 1. The maximum atomic E-state index is 11.9. The maximum Gasteiger partial charge on any atom is 0.414 e. The van der Waals surface area contributed by atoms with Crippen molar-refractivity contribution in [3.8, 4) is 0 Å². The molecule has 2 aliphatic rings. The second-order valence-corrected chi connectivity index (χ2v) is 6.46. The Labute approximate surface area is 140 Å². The molecule has 1 aromatic carbocycles. The number of benzene rings is 1. The molecule has 1 aromatic heterocycles. The van der Waals surface area contributed by atoms with Crippen LogP contribution in [-0.2, 0) is 16.0 Å². The van der Waals surface area contributed by atoms with Gasteiger partial charge in [0.15, 0.2) is 0 Å². The Balaban J connectivity index is 1.62. The molecule has 1 unspecified atom stereocenters. The van der Waals surface area contributed by atoms with E-state index in [-0.39, 0.29) is 6.09 Å². The maximum absolute atomic E-state index is 11.9. The standard InChI is InChI=1S/C17H22N4O3/c18-16-19-14-9-13(20-6-2-8-24-17(20)22)4-5-15(14)21(16)10-12-3-1-7-23-11-12/h4-5,9,12H,1-3,6-8,10-11H2,(H2,18,19). The van der Waals surface area contributed by atoms with Gasteiger partial charge < -0.3 is 19.8 Å². The predicted molar refractivity (Wildman–Crippen MR) is 91.0 cm³/mol. The minimum Gasteiger partial charge on any atom is -0.449 e. The lowest BCUT2D eigenvalue weighted by atomic mass is 10.0. The highest BCUT2D eigenvalue weighted by atomic mass is 16.6. The predicted octanol–water partition coefficient (Wildman–Crippen LogP) is 2.39. The molecule has 0 saturated carbocycles. The van der Waals surface area contributed by atoms with Crippen LogP contribution in [0.5, 0.6) is 0 Å². The third kappa shape index (κ3) is 2.80. The Morgan fingerprint density at radius 3 is 3.00 bits per heavy atom. The average Bonchev–Trinajstić information content (AvgIpc) is 2.91. The third-order valence-electron chi connectivity index (χ3n) is 4.74. The molecule has 0 aliphatic carbocycles. The number of carbonyl (C=O) groups is 1. The first-order chi connectivity index (χ1) is 11.7. The molecular weight excluding hydrogens is 308 g/mol. The minimum absolute atomic E-state index is 0.299. The normalized spacial score (nSPS) is 21.9. The number of nitrogens with two attached hydrogens (primary N) is 1. The second-order valence-electron chi connectivity index (χ2n) is 6.46. The topological polar surface area (TPSA) is 82.6 Å². The molecule has 3 heterocycles. The van der Waals surface area contributed by atoms with Crippen molar-refractivity contribution in [3.05, 3.63) is 18.2 Å². The van der Waals surface area contributed by atoms with E-state index in [0.29, 0.717) is 25.0 Å². The summed E-state index contributed by atoms with van der Waals surface area (Å²) in [7, 11) is 0. The van der Waals surface area contributed by atoms with Crippen molar-refractivity contribution in [2.75, 3.05) is 37.0 Å². The Kier molecular flexibility index (Phi) is 4.02. The first-order valence-corrected chi connectivity index (χ1v) is 8.50. The first kappa shape index (κ1) is 15.3. The summed E-state index contributed by atoms with van der Waals surface area (Å²) in [6.45, 7) is 3.60. The third-order valence-corrected chi connectivity index (χ3v) is 4.74. The minimum atomic E-state index is -0.299. The fourth-order valence-electron chi connectivity index (χ4n) is 3.49.